The molecule has 1 aliphatic heterocycles. The molecule has 2 aromatic carbocycles. The third-order valence-electron chi connectivity index (χ3n) is 2.94. The molecule has 3 rings (SSSR count). The number of amides is 2. The normalized spacial score (nSPS) is 14.9. The van der Waals surface area contributed by atoms with Gasteiger partial charge in [-0.15, -0.1) is 9.35 Å². The van der Waals surface area contributed by atoms with Crippen molar-refractivity contribution in [1.29, 1.82) is 0 Å². The molecule has 0 N–H and O–H groups in total. The Hall–Kier alpha value is -2.19. The van der Waals surface area contributed by atoms with E-state index in [9.17, 15) is 18.0 Å². The molecule has 0 spiro atoms. The summed E-state index contributed by atoms with van der Waals surface area (Å²) in [6.07, 6.45) is 0. The van der Waals surface area contributed by atoms with Crippen molar-refractivity contribution in [3.63, 3.8) is 0 Å². The first-order valence-electron chi connectivity index (χ1n) is 5.68. The van der Waals surface area contributed by atoms with Crippen LogP contribution in [0.1, 0.15) is 20.7 Å². The van der Waals surface area contributed by atoms with Gasteiger partial charge in [-0.3, -0.25) is 9.59 Å². The minimum atomic E-state index is -3.98. The topological polar surface area (TPSA) is 80.8 Å². The summed E-state index contributed by atoms with van der Waals surface area (Å²) in [4.78, 5) is 24.4. The van der Waals surface area contributed by atoms with E-state index < -0.39 is 21.8 Å². The molecular formula is C12H8BNO5S. The van der Waals surface area contributed by atoms with E-state index in [4.69, 9.17) is 0 Å². The molecule has 0 aromatic heterocycles. The molecule has 1 heterocycles. The van der Waals surface area contributed by atoms with Crippen LogP contribution in [0.4, 0.5) is 0 Å². The minimum absolute atomic E-state index is 0.237. The van der Waals surface area contributed by atoms with E-state index in [0.717, 1.165) is 12.5 Å². The molecule has 0 atom stereocenters. The first kappa shape index (κ1) is 12.8. The van der Waals surface area contributed by atoms with Gasteiger partial charge >= 0.3 is 0 Å². The molecule has 0 aliphatic carbocycles. The molecule has 0 unspecified atom stereocenters. The third kappa shape index (κ3) is 1.89. The Kier molecular flexibility index (Phi) is 2.67. The Bertz CT molecular complexity index is 811. The van der Waals surface area contributed by atoms with Crippen molar-refractivity contribution in [2.24, 2.45) is 0 Å². The van der Waals surface area contributed by atoms with E-state index in [2.05, 4.69) is 4.28 Å². The zero-order valence-corrected chi connectivity index (χ0v) is 11.2. The van der Waals surface area contributed by atoms with Crippen LogP contribution in [0.15, 0.2) is 36.4 Å². The lowest BCUT2D eigenvalue weighted by atomic mass is 9.95. The van der Waals surface area contributed by atoms with Gasteiger partial charge in [0.05, 0.1) is 11.1 Å². The predicted octanol–water partition coefficient (Wildman–Crippen LogP) is 0.245. The van der Waals surface area contributed by atoms with Gasteiger partial charge in [0.15, 0.2) is 0 Å². The van der Waals surface area contributed by atoms with Gasteiger partial charge in [0.25, 0.3) is 18.9 Å². The Morgan fingerprint density at radius 2 is 1.45 bits per heavy atom. The lowest BCUT2D eigenvalue weighted by molar-refractivity contribution is -0.0137. The molecule has 0 saturated heterocycles. The summed E-state index contributed by atoms with van der Waals surface area (Å²) in [7, 11) is -3.20. The molecule has 0 fully saturated rings. The van der Waals surface area contributed by atoms with Crippen LogP contribution in [0.5, 0.6) is 0 Å². The van der Waals surface area contributed by atoms with Crippen molar-refractivity contribution >= 4 is 39.7 Å². The monoisotopic (exact) mass is 289 g/mol. The number of imide groups is 1. The quantitative estimate of drug-likeness (QED) is 0.584. The summed E-state index contributed by atoms with van der Waals surface area (Å²) in [6.45, 7) is 0. The fourth-order valence-corrected chi connectivity index (χ4v) is 2.62. The number of hydrogen-bond donors (Lipinski definition) is 0. The van der Waals surface area contributed by atoms with Gasteiger partial charge in [-0.2, -0.15) is 0 Å². The number of rotatable bonds is 2. The van der Waals surface area contributed by atoms with Crippen molar-refractivity contribution in [1.82, 2.24) is 5.06 Å². The molecule has 0 saturated carbocycles. The van der Waals surface area contributed by atoms with Gasteiger partial charge < -0.3 is 0 Å². The maximum atomic E-state index is 12.2. The molecule has 1 aliphatic rings. The second-order valence-corrected chi connectivity index (χ2v) is 5.95. The van der Waals surface area contributed by atoms with E-state index in [-0.39, 0.29) is 16.2 Å². The molecule has 100 valence electrons. The molecule has 8 heteroatoms. The second-order valence-electron chi connectivity index (χ2n) is 4.39. The van der Waals surface area contributed by atoms with Crippen LogP contribution in [0.3, 0.4) is 0 Å². The van der Waals surface area contributed by atoms with E-state index in [0.29, 0.717) is 5.39 Å². The summed E-state index contributed by atoms with van der Waals surface area (Å²) >= 11 is 0. The Morgan fingerprint density at radius 1 is 0.950 bits per heavy atom. The van der Waals surface area contributed by atoms with Gasteiger partial charge in [-0.25, -0.2) is 8.42 Å². The zero-order valence-electron chi connectivity index (χ0n) is 10.4. The van der Waals surface area contributed by atoms with E-state index >= 15 is 0 Å². The Balaban J connectivity index is 2.26. The first-order valence-corrected chi connectivity index (χ1v) is 7.50. The molecule has 0 radical (unpaired) electrons. The number of hydrogen-bond acceptors (Lipinski definition) is 5. The number of nitrogens with zero attached hydrogens (tertiary/aromatic N) is 1. The van der Waals surface area contributed by atoms with Crippen LogP contribution < -0.4 is 0 Å². The lowest BCUT2D eigenvalue weighted by Crippen LogP contribution is -2.41. The van der Waals surface area contributed by atoms with Crippen molar-refractivity contribution in [2.45, 2.75) is 0 Å². The Labute approximate surface area is 115 Å². The summed E-state index contributed by atoms with van der Waals surface area (Å²) in [5.41, 5.74) is 0.475. The van der Waals surface area contributed by atoms with E-state index in [1.54, 1.807) is 24.3 Å². The third-order valence-corrected chi connectivity index (χ3v) is 3.36. The minimum Gasteiger partial charge on any atom is -0.266 e. The summed E-state index contributed by atoms with van der Waals surface area (Å²) < 4.78 is 26.9. The second kappa shape index (κ2) is 4.15. The molecule has 20 heavy (non-hydrogen) atoms. The molecular weight excluding hydrogens is 281 g/mol. The van der Waals surface area contributed by atoms with Crippen LogP contribution in [0.2, 0.25) is 0 Å². The molecule has 0 bridgehead atoms. The highest BCUT2D eigenvalue weighted by atomic mass is 32.2. The summed E-state index contributed by atoms with van der Waals surface area (Å²) in [5, 5.41) is 1.53. The van der Waals surface area contributed by atoms with Crippen LogP contribution in [0, 0.1) is 0 Å². The molecule has 6 nitrogen and oxygen atoms in total. The number of carbonyl (C=O) groups is 2. The van der Waals surface area contributed by atoms with E-state index in [1.165, 1.54) is 12.1 Å². The average molecular weight is 289 g/mol. The predicted molar refractivity (Wildman–Crippen MR) is 73.0 cm³/mol. The number of hydroxylamine groups is 2. The average Bonchev–Trinajstić information content (AvgIpc) is 2.39. The molecule has 2 aromatic rings. The fourth-order valence-electron chi connectivity index (χ4n) is 2.21. The summed E-state index contributed by atoms with van der Waals surface area (Å²) in [5.74, 6) is -1.57. The van der Waals surface area contributed by atoms with Gasteiger partial charge in [0.2, 0.25) is 9.97 Å². The van der Waals surface area contributed by atoms with Crippen molar-refractivity contribution in [3.05, 3.63) is 47.5 Å². The highest BCUT2D eigenvalue weighted by Gasteiger charge is 2.35. The van der Waals surface area contributed by atoms with Gasteiger partial charge in [-0.1, -0.05) is 24.3 Å². The van der Waals surface area contributed by atoms with E-state index in [1.807, 2.05) is 0 Å². The van der Waals surface area contributed by atoms with Crippen LogP contribution in [-0.4, -0.2) is 32.4 Å². The first-order chi connectivity index (χ1) is 9.38. The Morgan fingerprint density at radius 3 is 1.90 bits per heavy atom. The zero-order chi connectivity index (χ0) is 14.5. The van der Waals surface area contributed by atoms with Crippen molar-refractivity contribution in [3.8, 4) is 0 Å². The largest absolute Gasteiger partial charge is 0.294 e. The van der Waals surface area contributed by atoms with Gasteiger partial charge in [-0.05, 0) is 17.5 Å². The maximum absolute atomic E-state index is 12.2. The maximum Gasteiger partial charge on any atom is 0.294 e. The highest BCUT2D eigenvalue weighted by molar-refractivity contribution is 8.08. The van der Waals surface area contributed by atoms with Crippen molar-refractivity contribution in [2.75, 3.05) is 0 Å². The lowest BCUT2D eigenvalue weighted by Gasteiger charge is -2.24. The number of carbonyl (C=O) groups excluding carboxylic acids is 2. The van der Waals surface area contributed by atoms with Crippen LogP contribution in [-0.2, 0) is 14.3 Å². The summed E-state index contributed by atoms with van der Waals surface area (Å²) in [6, 6.07) is 9.92. The van der Waals surface area contributed by atoms with Crippen molar-refractivity contribution < 1.29 is 22.3 Å². The van der Waals surface area contributed by atoms with Gasteiger partial charge in [0.1, 0.15) is 0 Å². The van der Waals surface area contributed by atoms with Crippen LogP contribution >= 0.6 is 0 Å². The smallest absolute Gasteiger partial charge is 0.266 e. The SMILES string of the molecule is BS(=O)(=O)ON1C(=O)c2cccc3cccc(c23)C1=O. The number of benzene rings is 2. The van der Waals surface area contributed by atoms with Gasteiger partial charge in [0, 0.05) is 5.39 Å². The molecule has 2 amide bonds. The fraction of sp³-hybridized carbons (Fsp3) is 0. The van der Waals surface area contributed by atoms with Crippen LogP contribution in [0.25, 0.3) is 10.8 Å². The standard InChI is InChI=1S/C12H8BNO5S/c13-20(17,18)19-14-11(15)8-5-1-3-7-4-2-6-9(10(7)8)12(14)16/h1-6H,13H2. The highest BCUT2D eigenvalue weighted by Crippen LogP contribution is 2.30.